The number of esters is 1. The molecule has 2 aliphatic heterocycles. The lowest BCUT2D eigenvalue weighted by Gasteiger charge is -2.43. The van der Waals surface area contributed by atoms with Gasteiger partial charge < -0.3 is 14.8 Å². The van der Waals surface area contributed by atoms with Crippen molar-refractivity contribution in [1.29, 1.82) is 0 Å². The van der Waals surface area contributed by atoms with Crippen LogP contribution in [0, 0.1) is 5.92 Å². The van der Waals surface area contributed by atoms with Gasteiger partial charge in [0.05, 0.1) is 5.92 Å². The summed E-state index contributed by atoms with van der Waals surface area (Å²) in [7, 11) is 0. The van der Waals surface area contributed by atoms with Crippen LogP contribution in [0.5, 0.6) is 0 Å². The Balaban J connectivity index is 1.84. The third-order valence-electron chi connectivity index (χ3n) is 3.88. The first kappa shape index (κ1) is 13.8. The van der Waals surface area contributed by atoms with Crippen molar-refractivity contribution in [3.05, 3.63) is 0 Å². The van der Waals surface area contributed by atoms with Gasteiger partial charge in [-0.15, -0.1) is 0 Å². The van der Waals surface area contributed by atoms with Crippen LogP contribution in [0.3, 0.4) is 0 Å². The molecule has 2 rings (SSSR count). The van der Waals surface area contributed by atoms with Gasteiger partial charge in [-0.3, -0.25) is 4.79 Å². The van der Waals surface area contributed by atoms with Gasteiger partial charge in [0.1, 0.15) is 5.60 Å². The maximum absolute atomic E-state index is 12.0. The lowest BCUT2D eigenvalue weighted by molar-refractivity contribution is -0.161. The van der Waals surface area contributed by atoms with Crippen LogP contribution in [0.25, 0.3) is 0 Å². The highest BCUT2D eigenvalue weighted by molar-refractivity contribution is 5.73. The number of piperidine rings is 1. The van der Waals surface area contributed by atoms with E-state index in [9.17, 15) is 4.79 Å². The molecular weight excluding hydrogens is 230 g/mol. The molecule has 0 saturated carbocycles. The van der Waals surface area contributed by atoms with Crippen LogP contribution < -0.4 is 5.32 Å². The van der Waals surface area contributed by atoms with E-state index in [4.69, 9.17) is 9.47 Å². The number of ether oxygens (including phenoxy) is 2. The molecule has 1 atom stereocenters. The molecule has 1 unspecified atom stereocenters. The third kappa shape index (κ3) is 3.45. The molecule has 0 aliphatic carbocycles. The van der Waals surface area contributed by atoms with Gasteiger partial charge in [0.2, 0.25) is 0 Å². The fourth-order valence-corrected chi connectivity index (χ4v) is 2.76. The highest BCUT2D eigenvalue weighted by Gasteiger charge is 2.39. The van der Waals surface area contributed by atoms with Crippen LogP contribution in [-0.4, -0.2) is 36.9 Å². The van der Waals surface area contributed by atoms with Crippen LogP contribution in [0.1, 0.15) is 46.5 Å². The second kappa shape index (κ2) is 5.17. The van der Waals surface area contributed by atoms with Crippen LogP contribution in [0.15, 0.2) is 0 Å². The molecule has 0 aromatic rings. The minimum atomic E-state index is -0.384. The number of carbonyl (C=O) groups is 1. The number of nitrogens with one attached hydrogen (secondary N) is 1. The van der Waals surface area contributed by atoms with Crippen molar-refractivity contribution in [2.24, 2.45) is 5.92 Å². The Morgan fingerprint density at radius 1 is 1.28 bits per heavy atom. The predicted molar refractivity (Wildman–Crippen MR) is 69.4 cm³/mol. The van der Waals surface area contributed by atoms with Gasteiger partial charge in [-0.05, 0) is 46.5 Å². The minimum absolute atomic E-state index is 0.0118. The highest BCUT2D eigenvalue weighted by Crippen LogP contribution is 2.32. The molecule has 2 fully saturated rings. The SMILES string of the molecule is CC(C)(C)OC(=O)C1CCC2(CCOCC2)NC1. The first-order valence-electron chi connectivity index (χ1n) is 6.96. The average molecular weight is 255 g/mol. The molecule has 4 nitrogen and oxygen atoms in total. The molecule has 2 saturated heterocycles. The molecule has 2 aliphatic rings. The normalized spacial score (nSPS) is 28.1. The second-order valence-electron chi connectivity index (χ2n) is 6.54. The molecule has 0 radical (unpaired) electrons. The van der Waals surface area contributed by atoms with Crippen molar-refractivity contribution in [1.82, 2.24) is 5.32 Å². The van der Waals surface area contributed by atoms with E-state index in [1.54, 1.807) is 0 Å². The Labute approximate surface area is 109 Å². The summed E-state index contributed by atoms with van der Waals surface area (Å²) in [5, 5.41) is 3.57. The summed E-state index contributed by atoms with van der Waals surface area (Å²) in [6.45, 7) is 8.17. The Bertz CT molecular complexity index is 293. The number of hydrogen-bond donors (Lipinski definition) is 1. The van der Waals surface area contributed by atoms with Crippen molar-refractivity contribution in [2.75, 3.05) is 19.8 Å². The summed E-state index contributed by atoms with van der Waals surface area (Å²) < 4.78 is 10.9. The Morgan fingerprint density at radius 3 is 2.44 bits per heavy atom. The van der Waals surface area contributed by atoms with E-state index in [0.717, 1.165) is 45.4 Å². The number of carbonyl (C=O) groups excluding carboxylic acids is 1. The third-order valence-corrected chi connectivity index (χ3v) is 3.88. The van der Waals surface area contributed by atoms with E-state index in [2.05, 4.69) is 5.32 Å². The first-order valence-corrected chi connectivity index (χ1v) is 6.96. The van der Waals surface area contributed by atoms with Crippen LogP contribution >= 0.6 is 0 Å². The van der Waals surface area contributed by atoms with Crippen molar-refractivity contribution in [3.8, 4) is 0 Å². The monoisotopic (exact) mass is 255 g/mol. The maximum atomic E-state index is 12.0. The first-order chi connectivity index (χ1) is 8.40. The lowest BCUT2D eigenvalue weighted by Crippen LogP contribution is -2.55. The second-order valence-corrected chi connectivity index (χ2v) is 6.54. The Kier molecular flexibility index (Phi) is 3.97. The smallest absolute Gasteiger partial charge is 0.310 e. The fourth-order valence-electron chi connectivity index (χ4n) is 2.76. The van der Waals surface area contributed by atoms with Crippen LogP contribution in [0.2, 0.25) is 0 Å². The lowest BCUT2D eigenvalue weighted by atomic mass is 9.79. The number of rotatable bonds is 1. The molecule has 0 aromatic heterocycles. The van der Waals surface area contributed by atoms with Gasteiger partial charge in [0.25, 0.3) is 0 Å². The van der Waals surface area contributed by atoms with E-state index in [0.29, 0.717) is 0 Å². The molecule has 4 heteroatoms. The summed E-state index contributed by atoms with van der Waals surface area (Å²) >= 11 is 0. The fraction of sp³-hybridized carbons (Fsp3) is 0.929. The molecule has 0 aromatic carbocycles. The van der Waals surface area contributed by atoms with Gasteiger partial charge in [-0.25, -0.2) is 0 Å². The molecule has 0 bridgehead atoms. The van der Waals surface area contributed by atoms with E-state index in [1.807, 2.05) is 20.8 Å². The summed E-state index contributed by atoms with van der Waals surface area (Å²) in [6, 6.07) is 0. The molecule has 0 amide bonds. The van der Waals surface area contributed by atoms with Gasteiger partial charge in [0.15, 0.2) is 0 Å². The van der Waals surface area contributed by atoms with E-state index >= 15 is 0 Å². The van der Waals surface area contributed by atoms with Crippen molar-refractivity contribution in [3.63, 3.8) is 0 Å². The molecular formula is C14H25NO3. The average Bonchev–Trinajstić information content (AvgIpc) is 2.28. The standard InChI is InChI=1S/C14H25NO3/c1-13(2,3)18-12(16)11-4-5-14(15-10-11)6-8-17-9-7-14/h11,15H,4-10H2,1-3H3. The Hall–Kier alpha value is -0.610. The van der Waals surface area contributed by atoms with Crippen LogP contribution in [0.4, 0.5) is 0 Å². The quantitative estimate of drug-likeness (QED) is 0.727. The summed E-state index contributed by atoms with van der Waals surface area (Å²) in [6.07, 6.45) is 4.12. The van der Waals surface area contributed by atoms with Gasteiger partial charge in [0, 0.05) is 25.3 Å². The zero-order chi connectivity index (χ0) is 13.2. The molecule has 1 spiro atoms. The van der Waals surface area contributed by atoms with Gasteiger partial charge >= 0.3 is 5.97 Å². The number of hydrogen-bond acceptors (Lipinski definition) is 4. The molecule has 104 valence electrons. The van der Waals surface area contributed by atoms with Gasteiger partial charge in [-0.1, -0.05) is 0 Å². The summed E-state index contributed by atoms with van der Waals surface area (Å²) in [5.41, 5.74) is -0.165. The predicted octanol–water partition coefficient (Wildman–Crippen LogP) is 1.88. The molecule has 2 heterocycles. The minimum Gasteiger partial charge on any atom is -0.460 e. The topological polar surface area (TPSA) is 47.6 Å². The van der Waals surface area contributed by atoms with E-state index in [-0.39, 0.29) is 23.0 Å². The molecule has 18 heavy (non-hydrogen) atoms. The summed E-state index contributed by atoms with van der Waals surface area (Å²) in [5.74, 6) is -0.0467. The van der Waals surface area contributed by atoms with Crippen molar-refractivity contribution >= 4 is 5.97 Å². The van der Waals surface area contributed by atoms with Gasteiger partial charge in [-0.2, -0.15) is 0 Å². The molecule has 1 N–H and O–H groups in total. The zero-order valence-corrected chi connectivity index (χ0v) is 11.8. The largest absolute Gasteiger partial charge is 0.460 e. The van der Waals surface area contributed by atoms with E-state index < -0.39 is 0 Å². The van der Waals surface area contributed by atoms with Crippen LogP contribution in [-0.2, 0) is 14.3 Å². The highest BCUT2D eigenvalue weighted by atomic mass is 16.6. The Morgan fingerprint density at radius 2 is 1.94 bits per heavy atom. The van der Waals surface area contributed by atoms with Crippen molar-refractivity contribution < 1.29 is 14.3 Å². The van der Waals surface area contributed by atoms with E-state index in [1.165, 1.54) is 0 Å². The zero-order valence-electron chi connectivity index (χ0n) is 11.8. The maximum Gasteiger partial charge on any atom is 0.310 e. The summed E-state index contributed by atoms with van der Waals surface area (Å²) in [4.78, 5) is 12.0. The van der Waals surface area contributed by atoms with Crippen molar-refractivity contribution in [2.45, 2.75) is 57.6 Å².